The molecular formula is C11H13ClN6O3. The Labute approximate surface area is 125 Å². The summed E-state index contributed by atoms with van der Waals surface area (Å²) in [5, 5.41) is 2.25. The van der Waals surface area contributed by atoms with Gasteiger partial charge in [0, 0.05) is 13.1 Å². The van der Waals surface area contributed by atoms with Crippen molar-refractivity contribution in [1.29, 1.82) is 0 Å². The van der Waals surface area contributed by atoms with Crippen molar-refractivity contribution < 1.29 is 14.3 Å². The molecule has 112 valence electrons. The van der Waals surface area contributed by atoms with E-state index in [-0.39, 0.29) is 24.3 Å². The number of halogens is 1. The van der Waals surface area contributed by atoms with Gasteiger partial charge in [-0.3, -0.25) is 14.9 Å². The molecule has 3 heterocycles. The number of piperazine rings is 1. The van der Waals surface area contributed by atoms with Gasteiger partial charge >= 0.3 is 0 Å². The Kier molecular flexibility index (Phi) is 3.84. The standard InChI is InChI=1S/C11H13ClN6O3/c12-9-14-10(17-1-3-21-4-2-17)16-11(15-9)18-5-7(19)13-8(20)6-18/h1-6H2,(H,13,19,20). The normalized spacial score (nSPS) is 19.7. The van der Waals surface area contributed by atoms with Gasteiger partial charge in [0.05, 0.1) is 13.2 Å². The fourth-order valence-corrected chi connectivity index (χ4v) is 2.31. The number of hydrogen-bond acceptors (Lipinski definition) is 8. The predicted octanol–water partition coefficient (Wildman–Crippen LogP) is -1.18. The second-order valence-electron chi connectivity index (χ2n) is 4.63. The summed E-state index contributed by atoms with van der Waals surface area (Å²) in [5.74, 6) is -0.141. The molecule has 0 saturated carbocycles. The molecule has 2 fully saturated rings. The van der Waals surface area contributed by atoms with Crippen molar-refractivity contribution >= 4 is 35.3 Å². The van der Waals surface area contributed by atoms with Gasteiger partial charge < -0.3 is 14.5 Å². The molecule has 0 aliphatic carbocycles. The number of imide groups is 1. The van der Waals surface area contributed by atoms with E-state index < -0.39 is 11.8 Å². The smallest absolute Gasteiger partial charge is 0.246 e. The molecule has 0 bridgehead atoms. The van der Waals surface area contributed by atoms with Gasteiger partial charge in [-0.1, -0.05) is 0 Å². The zero-order valence-electron chi connectivity index (χ0n) is 11.1. The summed E-state index contributed by atoms with van der Waals surface area (Å²) in [5.41, 5.74) is 0. The van der Waals surface area contributed by atoms with Crippen LogP contribution in [-0.4, -0.2) is 66.2 Å². The highest BCUT2D eigenvalue weighted by Gasteiger charge is 2.26. The van der Waals surface area contributed by atoms with Crippen molar-refractivity contribution in [3.63, 3.8) is 0 Å². The molecule has 1 aromatic heterocycles. The molecule has 0 unspecified atom stereocenters. The minimum Gasteiger partial charge on any atom is -0.378 e. The second-order valence-corrected chi connectivity index (χ2v) is 4.97. The SMILES string of the molecule is O=C1CN(c2nc(Cl)nc(N3CCOCC3)n2)CC(=O)N1. The topological polar surface area (TPSA) is 101 Å². The Morgan fingerprint density at radius 1 is 0.952 bits per heavy atom. The molecule has 1 aromatic rings. The van der Waals surface area contributed by atoms with Gasteiger partial charge in [-0.05, 0) is 11.6 Å². The number of ether oxygens (including phenoxy) is 1. The Balaban J connectivity index is 1.86. The third-order valence-corrected chi connectivity index (χ3v) is 3.28. The summed E-state index contributed by atoms with van der Waals surface area (Å²) in [6, 6.07) is 0. The van der Waals surface area contributed by atoms with Crippen LogP contribution < -0.4 is 15.1 Å². The lowest BCUT2D eigenvalue weighted by molar-refractivity contribution is -0.130. The molecule has 2 aliphatic rings. The summed E-state index contributed by atoms with van der Waals surface area (Å²) in [4.78, 5) is 38.6. The van der Waals surface area contributed by atoms with Crippen molar-refractivity contribution in [2.45, 2.75) is 0 Å². The maximum atomic E-state index is 11.4. The van der Waals surface area contributed by atoms with Crippen LogP contribution in [0.5, 0.6) is 0 Å². The van der Waals surface area contributed by atoms with Crippen molar-refractivity contribution in [3.8, 4) is 0 Å². The fraction of sp³-hybridized carbons (Fsp3) is 0.545. The third kappa shape index (κ3) is 3.19. The lowest BCUT2D eigenvalue weighted by Crippen LogP contribution is -2.52. The molecule has 0 radical (unpaired) electrons. The highest BCUT2D eigenvalue weighted by Crippen LogP contribution is 2.18. The monoisotopic (exact) mass is 312 g/mol. The molecule has 0 atom stereocenters. The van der Waals surface area contributed by atoms with Gasteiger partial charge in [-0.25, -0.2) is 0 Å². The predicted molar refractivity (Wildman–Crippen MR) is 73.2 cm³/mol. The number of aromatic nitrogens is 3. The van der Waals surface area contributed by atoms with E-state index in [0.29, 0.717) is 32.3 Å². The number of carbonyl (C=O) groups is 2. The van der Waals surface area contributed by atoms with E-state index in [1.165, 1.54) is 4.90 Å². The zero-order valence-corrected chi connectivity index (χ0v) is 11.8. The highest BCUT2D eigenvalue weighted by molar-refractivity contribution is 6.28. The minimum atomic E-state index is -0.393. The van der Waals surface area contributed by atoms with E-state index in [0.717, 1.165) is 0 Å². The molecule has 0 spiro atoms. The molecule has 10 heteroatoms. The summed E-state index contributed by atoms with van der Waals surface area (Å²) >= 11 is 5.93. The number of carbonyl (C=O) groups excluding carboxylic acids is 2. The average Bonchev–Trinajstić information content (AvgIpc) is 2.46. The van der Waals surface area contributed by atoms with Crippen LogP contribution in [0.3, 0.4) is 0 Å². The first-order valence-electron chi connectivity index (χ1n) is 6.44. The summed E-state index contributed by atoms with van der Waals surface area (Å²) < 4.78 is 5.27. The fourth-order valence-electron chi connectivity index (χ4n) is 2.15. The number of nitrogens with one attached hydrogen (secondary N) is 1. The van der Waals surface area contributed by atoms with E-state index in [1.54, 1.807) is 0 Å². The van der Waals surface area contributed by atoms with E-state index in [4.69, 9.17) is 16.3 Å². The second kappa shape index (κ2) is 5.78. The van der Waals surface area contributed by atoms with E-state index in [9.17, 15) is 9.59 Å². The van der Waals surface area contributed by atoms with Crippen LogP contribution in [0.15, 0.2) is 0 Å². The van der Waals surface area contributed by atoms with E-state index in [2.05, 4.69) is 20.3 Å². The lowest BCUT2D eigenvalue weighted by atomic mass is 10.3. The quantitative estimate of drug-likeness (QED) is 0.681. The molecule has 2 aliphatic heterocycles. The van der Waals surface area contributed by atoms with Gasteiger partial charge in [0.1, 0.15) is 13.1 Å². The molecule has 9 nitrogen and oxygen atoms in total. The van der Waals surface area contributed by atoms with Gasteiger partial charge in [0.15, 0.2) is 0 Å². The maximum Gasteiger partial charge on any atom is 0.246 e. The van der Waals surface area contributed by atoms with Gasteiger partial charge in [-0.2, -0.15) is 15.0 Å². The minimum absolute atomic E-state index is 0.00856. The number of rotatable bonds is 2. The van der Waals surface area contributed by atoms with Gasteiger partial charge in [0.25, 0.3) is 0 Å². The van der Waals surface area contributed by atoms with E-state index >= 15 is 0 Å². The van der Waals surface area contributed by atoms with Crippen LogP contribution in [0.2, 0.25) is 5.28 Å². The average molecular weight is 313 g/mol. The Morgan fingerprint density at radius 3 is 2.14 bits per heavy atom. The Bertz CT molecular complexity index is 561. The molecule has 2 saturated heterocycles. The van der Waals surface area contributed by atoms with Gasteiger partial charge in [0.2, 0.25) is 29.0 Å². The summed E-state index contributed by atoms with van der Waals surface area (Å²) in [6.45, 7) is 2.49. The number of hydrogen-bond donors (Lipinski definition) is 1. The first kappa shape index (κ1) is 14.0. The number of anilines is 2. The lowest BCUT2D eigenvalue weighted by Gasteiger charge is -2.29. The largest absolute Gasteiger partial charge is 0.378 e. The molecular weight excluding hydrogens is 300 g/mol. The van der Waals surface area contributed by atoms with Crippen LogP contribution in [0.25, 0.3) is 0 Å². The van der Waals surface area contributed by atoms with Crippen LogP contribution >= 0.6 is 11.6 Å². The van der Waals surface area contributed by atoms with Crippen LogP contribution in [-0.2, 0) is 14.3 Å². The van der Waals surface area contributed by atoms with Crippen LogP contribution in [0.1, 0.15) is 0 Å². The first-order chi connectivity index (χ1) is 10.1. The summed E-state index contributed by atoms with van der Waals surface area (Å²) in [7, 11) is 0. The Hall–Kier alpha value is -2.00. The van der Waals surface area contributed by atoms with E-state index in [1.807, 2.05) is 4.90 Å². The van der Waals surface area contributed by atoms with Crippen LogP contribution in [0.4, 0.5) is 11.9 Å². The van der Waals surface area contributed by atoms with Crippen LogP contribution in [0, 0.1) is 0 Å². The number of amides is 2. The number of nitrogens with zero attached hydrogens (tertiary/aromatic N) is 5. The molecule has 21 heavy (non-hydrogen) atoms. The highest BCUT2D eigenvalue weighted by atomic mass is 35.5. The first-order valence-corrected chi connectivity index (χ1v) is 6.81. The van der Waals surface area contributed by atoms with Crippen molar-refractivity contribution in [3.05, 3.63) is 5.28 Å². The van der Waals surface area contributed by atoms with Crippen molar-refractivity contribution in [2.75, 3.05) is 49.2 Å². The molecule has 0 aromatic carbocycles. The zero-order chi connectivity index (χ0) is 14.8. The third-order valence-electron chi connectivity index (χ3n) is 3.11. The van der Waals surface area contributed by atoms with Crippen molar-refractivity contribution in [2.24, 2.45) is 0 Å². The van der Waals surface area contributed by atoms with Crippen molar-refractivity contribution in [1.82, 2.24) is 20.3 Å². The maximum absolute atomic E-state index is 11.4. The molecule has 1 N–H and O–H groups in total. The molecule has 2 amide bonds. The Morgan fingerprint density at radius 2 is 1.52 bits per heavy atom. The molecule has 3 rings (SSSR count). The van der Waals surface area contributed by atoms with Gasteiger partial charge in [-0.15, -0.1) is 0 Å². The number of morpholine rings is 1. The summed E-state index contributed by atoms with van der Waals surface area (Å²) in [6.07, 6.45) is 0.